The number of aliphatic hydroxyl groups is 3. The zero-order chi connectivity index (χ0) is 49.6. The predicted octanol–water partition coefficient (Wildman–Crippen LogP) is 6.48. The van der Waals surface area contributed by atoms with Gasteiger partial charge in [-0.15, -0.1) is 0 Å². The number of hydrogen-bond donors (Lipinski definition) is 3. The van der Waals surface area contributed by atoms with E-state index in [-0.39, 0.29) is 47.6 Å². The maximum absolute atomic E-state index is 15.0. The summed E-state index contributed by atoms with van der Waals surface area (Å²) in [5.74, 6) is -5.12. The van der Waals surface area contributed by atoms with E-state index >= 15 is 4.79 Å². The average Bonchev–Trinajstić information content (AvgIpc) is 3.63. The van der Waals surface area contributed by atoms with E-state index in [4.69, 9.17) is 37.9 Å². The van der Waals surface area contributed by atoms with Crippen LogP contribution >= 0.6 is 0 Å². The maximum atomic E-state index is 15.0. The van der Waals surface area contributed by atoms with Crippen LogP contribution in [0.2, 0.25) is 0 Å². The number of rotatable bonds is 13. The largest absolute Gasteiger partial charge is 0.504 e. The molecular formula is C50H65NO16. The molecule has 2 aliphatic carbocycles. The average molecular weight is 936 g/mol. The molecule has 67 heavy (non-hydrogen) atoms. The third-order valence-electron chi connectivity index (χ3n) is 13.4. The number of allylic oxidation sites excluding steroid dienone is 1. The van der Waals surface area contributed by atoms with Crippen molar-refractivity contribution in [3.63, 3.8) is 0 Å². The quantitative estimate of drug-likeness (QED) is 0.144. The molecule has 6 rings (SSSR count). The fraction of sp³-hybridized carbons (Fsp3) is 0.580. The van der Waals surface area contributed by atoms with Gasteiger partial charge in [-0.3, -0.25) is 14.5 Å². The Balaban J connectivity index is 1.51. The number of fused-ring (bicyclic) bond motifs is 2. The number of amides is 1. The molecule has 2 aromatic carbocycles. The van der Waals surface area contributed by atoms with E-state index in [0.29, 0.717) is 17.1 Å². The fourth-order valence-corrected chi connectivity index (χ4v) is 10.2. The van der Waals surface area contributed by atoms with Crippen molar-refractivity contribution in [1.29, 1.82) is 0 Å². The van der Waals surface area contributed by atoms with Gasteiger partial charge in [0.25, 0.3) is 0 Å². The summed E-state index contributed by atoms with van der Waals surface area (Å²) in [5, 5.41) is 35.8. The lowest BCUT2D eigenvalue weighted by molar-refractivity contribution is -0.295. The van der Waals surface area contributed by atoms with Gasteiger partial charge < -0.3 is 53.2 Å². The Morgan fingerprint density at radius 3 is 2.19 bits per heavy atom. The number of Topliss-reactive ketones (excluding diaryl/α,β-unsaturated/α-hetero) is 1. The number of aliphatic hydroxyl groups excluding tert-OH is 2. The van der Waals surface area contributed by atoms with Crippen molar-refractivity contribution in [2.75, 3.05) is 27.4 Å². The third-order valence-corrected chi connectivity index (χ3v) is 13.4. The monoisotopic (exact) mass is 935 g/mol. The van der Waals surface area contributed by atoms with Gasteiger partial charge in [-0.05, 0) is 82.4 Å². The van der Waals surface area contributed by atoms with E-state index in [2.05, 4.69) is 0 Å². The first-order chi connectivity index (χ1) is 31.4. The summed E-state index contributed by atoms with van der Waals surface area (Å²) in [4.78, 5) is 72.8. The standard InChI is InChI=1S/C50H65NO16/c1-26(2)22-33-41(64-43(51(33)46(58)67-47(6,7)8)32-19-18-31(60-11)23-34(32)61-12)45(57)63-35-24-50(59)42(65-44(56)30-16-14-13-15-17-30)38(49(66-29(5)53)25-62-36(49)20-21-52)28(4)39(54)40(55)37(27(35)3)48(50,9)10/h13-19,23,26,33,35-36,38,41-43,52,54,59H,20-22,24-25H2,1-12H3/b39-28+/t33-,35-,36+,38?,41?,42-,43?,49-,50+/m0/s1. The molecule has 2 fully saturated rings. The summed E-state index contributed by atoms with van der Waals surface area (Å²) >= 11 is 0. The number of carbonyl (C=O) groups excluding carboxylic acids is 5. The van der Waals surface area contributed by atoms with Gasteiger partial charge in [-0.2, -0.15) is 0 Å². The molecule has 17 heteroatoms. The van der Waals surface area contributed by atoms with E-state index in [1.165, 1.54) is 38.2 Å². The molecule has 9 atom stereocenters. The van der Waals surface area contributed by atoms with Crippen LogP contribution in [0.1, 0.15) is 111 Å². The molecule has 2 saturated heterocycles. The summed E-state index contributed by atoms with van der Waals surface area (Å²) in [6.07, 6.45) is -8.01. The molecule has 2 bridgehead atoms. The third kappa shape index (κ3) is 9.39. The molecule has 0 radical (unpaired) electrons. The fourth-order valence-electron chi connectivity index (χ4n) is 10.2. The van der Waals surface area contributed by atoms with E-state index in [9.17, 15) is 34.5 Å². The van der Waals surface area contributed by atoms with Gasteiger partial charge in [-0.25, -0.2) is 14.4 Å². The van der Waals surface area contributed by atoms with E-state index in [1.54, 1.807) is 77.9 Å². The lowest BCUT2D eigenvalue weighted by Gasteiger charge is -2.60. The second-order valence-corrected chi connectivity index (χ2v) is 19.7. The normalized spacial score (nSPS) is 30.5. The van der Waals surface area contributed by atoms with Crippen molar-refractivity contribution in [2.45, 2.75) is 142 Å². The molecule has 2 aliphatic heterocycles. The first-order valence-corrected chi connectivity index (χ1v) is 22.5. The Kier molecular flexibility index (Phi) is 14.6. The van der Waals surface area contributed by atoms with Gasteiger partial charge in [-0.1, -0.05) is 45.9 Å². The highest BCUT2D eigenvalue weighted by Crippen LogP contribution is 2.58. The number of nitrogens with zero attached hydrogens (tertiary/aromatic N) is 1. The minimum atomic E-state index is -2.35. The zero-order valence-corrected chi connectivity index (χ0v) is 40.4. The molecule has 1 amide bonds. The highest BCUT2D eigenvalue weighted by atomic mass is 16.6. The number of benzene rings is 2. The maximum Gasteiger partial charge on any atom is 0.413 e. The molecule has 2 heterocycles. The first kappa shape index (κ1) is 50.9. The van der Waals surface area contributed by atoms with Crippen LogP contribution < -0.4 is 9.47 Å². The molecule has 366 valence electrons. The van der Waals surface area contributed by atoms with Crippen molar-refractivity contribution in [3.8, 4) is 11.5 Å². The number of ether oxygens (including phenoxy) is 8. The molecule has 0 aromatic heterocycles. The summed E-state index contributed by atoms with van der Waals surface area (Å²) in [5.41, 5.74) is -6.27. The number of carbonyl (C=O) groups is 5. The van der Waals surface area contributed by atoms with Crippen LogP contribution in [0.3, 0.4) is 0 Å². The highest BCUT2D eigenvalue weighted by Gasteiger charge is 2.70. The number of ketones is 1. The number of hydrogen-bond acceptors (Lipinski definition) is 16. The smallest absolute Gasteiger partial charge is 0.413 e. The van der Waals surface area contributed by atoms with Crippen LogP contribution in [0, 0.1) is 17.3 Å². The highest BCUT2D eigenvalue weighted by molar-refractivity contribution is 6.09. The first-order valence-electron chi connectivity index (χ1n) is 22.5. The van der Waals surface area contributed by atoms with Crippen molar-refractivity contribution in [1.82, 2.24) is 4.90 Å². The number of esters is 3. The van der Waals surface area contributed by atoms with Crippen LogP contribution in [0.5, 0.6) is 11.5 Å². The summed E-state index contributed by atoms with van der Waals surface area (Å²) in [6, 6.07) is 11.9. The van der Waals surface area contributed by atoms with Crippen LogP contribution in [0.25, 0.3) is 0 Å². The predicted molar refractivity (Wildman–Crippen MR) is 240 cm³/mol. The Hall–Kier alpha value is -5.49. The van der Waals surface area contributed by atoms with Gasteiger partial charge in [0.1, 0.15) is 41.0 Å². The van der Waals surface area contributed by atoms with Crippen LogP contribution in [0.4, 0.5) is 4.79 Å². The van der Waals surface area contributed by atoms with Gasteiger partial charge in [0.2, 0.25) is 5.78 Å². The Morgan fingerprint density at radius 1 is 0.970 bits per heavy atom. The van der Waals surface area contributed by atoms with E-state index in [1.807, 2.05) is 13.8 Å². The minimum Gasteiger partial charge on any atom is -0.504 e. The van der Waals surface area contributed by atoms with Gasteiger partial charge in [0.15, 0.2) is 23.7 Å². The van der Waals surface area contributed by atoms with Crippen molar-refractivity contribution < 1.29 is 77.2 Å². The molecule has 0 saturated carbocycles. The zero-order valence-electron chi connectivity index (χ0n) is 40.4. The van der Waals surface area contributed by atoms with Gasteiger partial charge in [0, 0.05) is 49.0 Å². The minimum absolute atomic E-state index is 0.0694. The summed E-state index contributed by atoms with van der Waals surface area (Å²) in [6.45, 7) is 15.5. The molecule has 4 aliphatic rings. The lowest BCUT2D eigenvalue weighted by atomic mass is 9.53. The van der Waals surface area contributed by atoms with Crippen LogP contribution in [-0.2, 0) is 42.8 Å². The Labute approximate surface area is 391 Å². The lowest BCUT2D eigenvalue weighted by Crippen LogP contribution is -2.73. The molecule has 2 aromatic rings. The summed E-state index contributed by atoms with van der Waals surface area (Å²) < 4.78 is 48.3. The van der Waals surface area contributed by atoms with Crippen LogP contribution in [0.15, 0.2) is 71.0 Å². The molecular weight excluding hydrogens is 871 g/mol. The molecule has 3 N–H and O–H groups in total. The molecule has 3 unspecified atom stereocenters. The molecule has 0 spiro atoms. The van der Waals surface area contributed by atoms with Crippen LogP contribution in [-0.4, -0.2) is 125 Å². The van der Waals surface area contributed by atoms with E-state index < -0.39 is 113 Å². The molecule has 17 nitrogen and oxygen atoms in total. The van der Waals surface area contributed by atoms with E-state index in [0.717, 1.165) is 6.92 Å². The Bertz CT molecular complexity index is 2300. The van der Waals surface area contributed by atoms with Gasteiger partial charge in [0.05, 0.1) is 38.3 Å². The van der Waals surface area contributed by atoms with Crippen molar-refractivity contribution in [2.24, 2.45) is 17.3 Å². The van der Waals surface area contributed by atoms with Crippen molar-refractivity contribution >= 4 is 29.8 Å². The van der Waals surface area contributed by atoms with Gasteiger partial charge >= 0.3 is 24.0 Å². The second-order valence-electron chi connectivity index (χ2n) is 19.7. The SMILES string of the molecule is COc1ccc(C2OC(C(=O)O[C@H]3C[C@@]4(O)[C@@H](OC(=O)c5ccccc5)C([C@]5(OC(C)=O)CO[C@@H]5CCO)/C(C)=C(/O)C(=O)C(=C3C)C4(C)C)[C@H](CC(C)C)N2C(=O)OC(C)(C)C)c(OC)c1. The second kappa shape index (κ2) is 19.2. The summed E-state index contributed by atoms with van der Waals surface area (Å²) in [7, 11) is 2.94. The topological polar surface area (TPSA) is 223 Å². The number of methoxy groups -OCH3 is 2. The Morgan fingerprint density at radius 2 is 1.64 bits per heavy atom. The van der Waals surface area contributed by atoms with Crippen molar-refractivity contribution in [3.05, 3.63) is 82.1 Å².